The molecule has 1 amide bonds. The summed E-state index contributed by atoms with van der Waals surface area (Å²) in [5.41, 5.74) is 0. The van der Waals surface area contributed by atoms with Gasteiger partial charge in [0.1, 0.15) is 6.61 Å². The molecule has 1 saturated heterocycles. The van der Waals surface area contributed by atoms with Crippen LogP contribution >= 0.6 is 0 Å². The van der Waals surface area contributed by atoms with Crippen LogP contribution < -0.4 is 5.32 Å². The Labute approximate surface area is 46.8 Å². The molecule has 0 unspecified atom stereocenters. The minimum Gasteiger partial charge on any atom is -0.448 e. The molecule has 1 aliphatic heterocycles. The van der Waals surface area contributed by atoms with Crippen molar-refractivity contribution in [1.29, 1.82) is 0 Å². The quantitative estimate of drug-likeness (QED) is 0.501. The summed E-state index contributed by atoms with van der Waals surface area (Å²) in [5.74, 6) is 0. The van der Waals surface area contributed by atoms with Crippen molar-refractivity contribution in [2.45, 2.75) is 0 Å². The van der Waals surface area contributed by atoms with Gasteiger partial charge in [-0.25, -0.2) is 4.79 Å². The van der Waals surface area contributed by atoms with E-state index in [1.807, 2.05) is 0 Å². The number of rotatable bonds is 0. The van der Waals surface area contributed by atoms with Gasteiger partial charge in [0.15, 0.2) is 0 Å². The highest BCUT2D eigenvalue weighted by Crippen LogP contribution is 1.82. The second kappa shape index (κ2) is 4.36. The van der Waals surface area contributed by atoms with Crippen LogP contribution in [0.25, 0.3) is 0 Å². The highest BCUT2D eigenvalue weighted by Gasteiger charge is 2.06. The molecule has 1 N–H and O–H groups in total. The van der Waals surface area contributed by atoms with Crippen molar-refractivity contribution in [3.63, 3.8) is 0 Å². The van der Waals surface area contributed by atoms with E-state index in [0.29, 0.717) is 20.3 Å². The molecule has 0 aliphatic carbocycles. The minimum absolute atomic E-state index is 0.296. The van der Waals surface area contributed by atoms with E-state index < -0.39 is 0 Å². The summed E-state index contributed by atoms with van der Waals surface area (Å²) < 4.78 is 13.9. The van der Waals surface area contributed by atoms with Gasteiger partial charge in [0.05, 0.1) is 13.7 Å². The zero-order valence-electron chi connectivity index (χ0n) is 4.61. The molecule has 0 atom stereocenters. The molecule has 1 rings (SSSR count). The fraction of sp³-hybridized carbons (Fsp3) is 0.750. The van der Waals surface area contributed by atoms with Gasteiger partial charge in [0.25, 0.3) is 0 Å². The van der Waals surface area contributed by atoms with Crippen LogP contribution in [0.15, 0.2) is 0 Å². The largest absolute Gasteiger partial charge is 0.448 e. The number of alkyl halides is 1. The third-order valence-electron chi connectivity index (χ3n) is 0.605. The Balaban J connectivity index is 0.000000222. The van der Waals surface area contributed by atoms with Crippen molar-refractivity contribution >= 4 is 6.09 Å². The van der Waals surface area contributed by atoms with E-state index in [9.17, 15) is 9.18 Å². The summed E-state index contributed by atoms with van der Waals surface area (Å²) >= 11 is 0. The number of hydrogen-bond acceptors (Lipinski definition) is 2. The zero-order chi connectivity index (χ0) is 6.41. The molecule has 0 aromatic heterocycles. The smallest absolute Gasteiger partial charge is 0.407 e. The van der Waals surface area contributed by atoms with Gasteiger partial charge < -0.3 is 10.1 Å². The van der Waals surface area contributed by atoms with Gasteiger partial charge in [-0.1, -0.05) is 0 Å². The molecule has 4 heteroatoms. The number of ether oxygens (including phenoxy) is 1. The Morgan fingerprint density at radius 1 is 1.75 bits per heavy atom. The highest BCUT2D eigenvalue weighted by molar-refractivity contribution is 5.68. The molecular formula is C4H8FNO2. The van der Waals surface area contributed by atoms with E-state index in [1.54, 1.807) is 0 Å². The van der Waals surface area contributed by atoms with Crippen molar-refractivity contribution < 1.29 is 13.9 Å². The first-order chi connectivity index (χ1) is 3.89. The molecule has 1 heterocycles. The monoisotopic (exact) mass is 121 g/mol. The molecule has 0 radical (unpaired) electrons. The van der Waals surface area contributed by atoms with Crippen LogP contribution in [0, 0.1) is 0 Å². The lowest BCUT2D eigenvalue weighted by atomic mass is 10.7. The summed E-state index contributed by atoms with van der Waals surface area (Å²) in [4.78, 5) is 9.91. The van der Waals surface area contributed by atoms with Crippen molar-refractivity contribution in [1.82, 2.24) is 5.32 Å². The van der Waals surface area contributed by atoms with E-state index in [4.69, 9.17) is 0 Å². The molecule has 1 aliphatic rings. The standard InChI is InChI=1S/C3H5NO2.CH3F/c5-3-4-1-2-6-3;1-2/h1-2H2,(H,4,5);1H3. The number of amides is 1. The first kappa shape index (κ1) is 7.20. The van der Waals surface area contributed by atoms with Crippen LogP contribution in [-0.2, 0) is 4.74 Å². The molecule has 3 nitrogen and oxygen atoms in total. The second-order valence-electron chi connectivity index (χ2n) is 1.06. The summed E-state index contributed by atoms with van der Waals surface area (Å²) in [6.45, 7) is 1.19. The third-order valence-corrected chi connectivity index (χ3v) is 0.605. The topological polar surface area (TPSA) is 38.3 Å². The SMILES string of the molecule is CF.O=C1NCCO1. The molecule has 1 fully saturated rings. The Morgan fingerprint density at radius 3 is 2.50 bits per heavy atom. The molecule has 0 aromatic rings. The van der Waals surface area contributed by atoms with Gasteiger partial charge in [-0.3, -0.25) is 4.39 Å². The fourth-order valence-electron chi connectivity index (χ4n) is 0.348. The van der Waals surface area contributed by atoms with E-state index in [2.05, 4.69) is 10.1 Å². The third kappa shape index (κ3) is 2.39. The minimum atomic E-state index is -0.296. The van der Waals surface area contributed by atoms with Crippen LogP contribution in [0.1, 0.15) is 0 Å². The molecular weight excluding hydrogens is 113 g/mol. The number of cyclic esters (lactones) is 1. The lowest BCUT2D eigenvalue weighted by Gasteiger charge is -1.80. The van der Waals surface area contributed by atoms with Crippen LogP contribution in [0.4, 0.5) is 9.18 Å². The summed E-state index contributed by atoms with van der Waals surface area (Å²) in [6.07, 6.45) is -0.296. The number of carbonyl (C=O) groups excluding carboxylic acids is 1. The summed E-state index contributed by atoms with van der Waals surface area (Å²) in [6, 6.07) is 0. The second-order valence-corrected chi connectivity index (χ2v) is 1.06. The molecule has 0 spiro atoms. The molecule has 0 aromatic carbocycles. The van der Waals surface area contributed by atoms with Crippen LogP contribution in [-0.4, -0.2) is 26.4 Å². The Kier molecular flexibility index (Phi) is 3.93. The van der Waals surface area contributed by atoms with Crippen LogP contribution in [0.2, 0.25) is 0 Å². The first-order valence-corrected chi connectivity index (χ1v) is 2.18. The van der Waals surface area contributed by atoms with Crippen molar-refractivity contribution in [2.75, 3.05) is 20.3 Å². The Bertz CT molecular complexity index is 68.4. The van der Waals surface area contributed by atoms with Crippen molar-refractivity contribution in [2.24, 2.45) is 0 Å². The van der Waals surface area contributed by atoms with E-state index in [0.717, 1.165) is 0 Å². The van der Waals surface area contributed by atoms with E-state index in [1.165, 1.54) is 0 Å². The lowest BCUT2D eigenvalue weighted by molar-refractivity contribution is 0.178. The number of alkyl carbamates (subject to hydrolysis) is 1. The van der Waals surface area contributed by atoms with Gasteiger partial charge in [0.2, 0.25) is 0 Å². The predicted molar refractivity (Wildman–Crippen MR) is 26.4 cm³/mol. The number of nitrogens with one attached hydrogen (secondary N) is 1. The average molecular weight is 121 g/mol. The first-order valence-electron chi connectivity index (χ1n) is 2.18. The number of halogens is 1. The Morgan fingerprint density at radius 2 is 2.38 bits per heavy atom. The molecule has 8 heavy (non-hydrogen) atoms. The van der Waals surface area contributed by atoms with E-state index in [-0.39, 0.29) is 6.09 Å². The van der Waals surface area contributed by atoms with E-state index >= 15 is 0 Å². The lowest BCUT2D eigenvalue weighted by Crippen LogP contribution is -2.11. The van der Waals surface area contributed by atoms with Gasteiger partial charge in [-0.15, -0.1) is 0 Å². The fourth-order valence-corrected chi connectivity index (χ4v) is 0.348. The summed E-state index contributed by atoms with van der Waals surface area (Å²) in [7, 11) is 0.500. The average Bonchev–Trinajstić information content (AvgIpc) is 2.24. The number of hydrogen-bond donors (Lipinski definition) is 1. The zero-order valence-corrected chi connectivity index (χ0v) is 4.61. The van der Waals surface area contributed by atoms with Crippen molar-refractivity contribution in [3.05, 3.63) is 0 Å². The van der Waals surface area contributed by atoms with Gasteiger partial charge in [-0.05, 0) is 0 Å². The molecule has 0 saturated carbocycles. The van der Waals surface area contributed by atoms with Gasteiger partial charge in [0, 0.05) is 0 Å². The maximum atomic E-state index is 9.91. The maximum Gasteiger partial charge on any atom is 0.407 e. The molecule has 0 bridgehead atoms. The van der Waals surface area contributed by atoms with Gasteiger partial charge in [-0.2, -0.15) is 0 Å². The van der Waals surface area contributed by atoms with Crippen molar-refractivity contribution in [3.8, 4) is 0 Å². The molecule has 48 valence electrons. The van der Waals surface area contributed by atoms with Gasteiger partial charge >= 0.3 is 6.09 Å². The Hall–Kier alpha value is -0.800. The predicted octanol–water partition coefficient (Wildman–Crippen LogP) is 0.312. The summed E-state index contributed by atoms with van der Waals surface area (Å²) in [5, 5.41) is 2.46. The number of carbonyl (C=O) groups is 1. The normalized spacial score (nSPS) is 15.5. The maximum absolute atomic E-state index is 9.91. The highest BCUT2D eigenvalue weighted by atomic mass is 19.1. The van der Waals surface area contributed by atoms with Crippen LogP contribution in [0.5, 0.6) is 0 Å². The van der Waals surface area contributed by atoms with Crippen LogP contribution in [0.3, 0.4) is 0 Å².